The molecule has 0 bridgehead atoms. The maximum Gasteiger partial charge on any atom is 0.407 e. The Hall–Kier alpha value is -4.02. The highest BCUT2D eigenvalue weighted by Crippen LogP contribution is 2.44. The number of benzene rings is 3. The second kappa shape index (κ2) is 9.41. The molecule has 1 N–H and O–H groups in total. The van der Waals surface area contributed by atoms with Crippen molar-refractivity contribution in [3.63, 3.8) is 0 Å². The summed E-state index contributed by atoms with van der Waals surface area (Å²) in [5, 5.41) is 11.8. The molecule has 4 heteroatoms. The van der Waals surface area contributed by atoms with Gasteiger partial charge in [0, 0.05) is 24.4 Å². The van der Waals surface area contributed by atoms with Gasteiger partial charge in [-0.05, 0) is 59.4 Å². The highest BCUT2D eigenvalue weighted by atomic mass is 16.5. The van der Waals surface area contributed by atoms with E-state index in [0.717, 1.165) is 16.7 Å². The molecule has 0 atom stereocenters. The largest absolute Gasteiger partial charge is 0.449 e. The molecule has 1 aliphatic carbocycles. The molecule has 0 fully saturated rings. The van der Waals surface area contributed by atoms with Crippen molar-refractivity contribution in [3.8, 4) is 29.0 Å². The number of fused-ring (bicyclic) bond motifs is 3. The normalized spacial score (nSPS) is 11.5. The fourth-order valence-electron chi connectivity index (χ4n) is 4.25. The van der Waals surface area contributed by atoms with Crippen molar-refractivity contribution in [2.24, 2.45) is 0 Å². The Balaban J connectivity index is 1.30. The first-order valence-electron chi connectivity index (χ1n) is 10.7. The number of carbonyl (C=O) groups is 1. The molecule has 0 heterocycles. The van der Waals surface area contributed by atoms with Crippen LogP contribution in [0.1, 0.15) is 45.7 Å². The number of rotatable bonds is 4. The van der Waals surface area contributed by atoms with Gasteiger partial charge in [0.1, 0.15) is 6.61 Å². The van der Waals surface area contributed by atoms with Gasteiger partial charge < -0.3 is 10.1 Å². The number of ether oxygens (including phenoxy) is 1. The smallest absolute Gasteiger partial charge is 0.407 e. The van der Waals surface area contributed by atoms with E-state index in [1.165, 1.54) is 22.3 Å². The minimum absolute atomic E-state index is 0.0512. The van der Waals surface area contributed by atoms with Crippen molar-refractivity contribution in [1.29, 1.82) is 5.26 Å². The quantitative estimate of drug-likeness (QED) is 0.451. The Morgan fingerprint density at radius 3 is 2.19 bits per heavy atom. The average molecular weight is 421 g/mol. The van der Waals surface area contributed by atoms with E-state index in [4.69, 9.17) is 10.00 Å². The van der Waals surface area contributed by atoms with E-state index in [1.807, 2.05) is 50.2 Å². The second-order valence-electron chi connectivity index (χ2n) is 7.90. The van der Waals surface area contributed by atoms with Crippen LogP contribution in [0.4, 0.5) is 4.79 Å². The van der Waals surface area contributed by atoms with Gasteiger partial charge in [-0.1, -0.05) is 60.4 Å². The van der Waals surface area contributed by atoms with Crippen molar-refractivity contribution in [3.05, 3.63) is 94.0 Å². The van der Waals surface area contributed by atoms with E-state index in [-0.39, 0.29) is 5.92 Å². The molecule has 0 radical (unpaired) electrons. The summed E-state index contributed by atoms with van der Waals surface area (Å²) in [5.41, 5.74) is 8.35. The maximum absolute atomic E-state index is 12.2. The summed E-state index contributed by atoms with van der Waals surface area (Å²) < 4.78 is 5.54. The van der Waals surface area contributed by atoms with Crippen LogP contribution in [0.25, 0.3) is 11.1 Å². The molecule has 4 rings (SSSR count). The molecule has 1 aliphatic rings. The summed E-state index contributed by atoms with van der Waals surface area (Å²) in [7, 11) is 0. The van der Waals surface area contributed by atoms with Gasteiger partial charge in [0.25, 0.3) is 0 Å². The van der Waals surface area contributed by atoms with Crippen LogP contribution in [-0.4, -0.2) is 19.2 Å². The van der Waals surface area contributed by atoms with E-state index in [0.29, 0.717) is 25.1 Å². The van der Waals surface area contributed by atoms with E-state index in [1.54, 1.807) is 0 Å². The summed E-state index contributed by atoms with van der Waals surface area (Å²) in [6.45, 7) is 4.62. The van der Waals surface area contributed by atoms with Gasteiger partial charge >= 0.3 is 6.09 Å². The van der Waals surface area contributed by atoms with Crippen molar-refractivity contribution in [2.45, 2.75) is 26.2 Å². The molecule has 158 valence electrons. The maximum atomic E-state index is 12.2. The number of nitrogens with zero attached hydrogens (tertiary/aromatic N) is 1. The highest BCUT2D eigenvalue weighted by molar-refractivity contribution is 5.79. The van der Waals surface area contributed by atoms with Crippen LogP contribution in [-0.2, 0) is 4.74 Å². The summed E-state index contributed by atoms with van der Waals surface area (Å²) in [5.74, 6) is 6.30. The first kappa shape index (κ1) is 21.2. The van der Waals surface area contributed by atoms with Crippen LogP contribution >= 0.6 is 0 Å². The van der Waals surface area contributed by atoms with Gasteiger partial charge in [0.05, 0.1) is 11.6 Å². The molecule has 32 heavy (non-hydrogen) atoms. The van der Waals surface area contributed by atoms with Crippen LogP contribution in [0.5, 0.6) is 0 Å². The molecule has 3 aromatic carbocycles. The third-order valence-corrected chi connectivity index (χ3v) is 5.74. The van der Waals surface area contributed by atoms with Crippen molar-refractivity contribution >= 4 is 6.09 Å². The summed E-state index contributed by atoms with van der Waals surface area (Å²) >= 11 is 0. The molecule has 4 nitrogen and oxygen atoms in total. The molecule has 3 aromatic rings. The zero-order chi connectivity index (χ0) is 22.5. The molecule has 0 aliphatic heterocycles. The molecule has 0 aromatic heterocycles. The number of hydrogen-bond acceptors (Lipinski definition) is 3. The standard InChI is InChI=1S/C28H24N2O2/c1-19-15-21(17-29)16-20(2)22(19)9-7-8-14-30-28(31)32-18-27-25-12-5-3-10-23(25)24-11-4-6-13-26(24)27/h3-6,10-13,15-16,27H,8,14,18H2,1-2H3,(H,30,31). The number of amides is 1. The van der Waals surface area contributed by atoms with E-state index >= 15 is 0 Å². The van der Waals surface area contributed by atoms with Gasteiger partial charge in [-0.3, -0.25) is 0 Å². The Kier molecular flexibility index (Phi) is 6.24. The fraction of sp³-hybridized carbons (Fsp3) is 0.214. The average Bonchev–Trinajstić information content (AvgIpc) is 3.12. The topological polar surface area (TPSA) is 62.1 Å². The molecular weight excluding hydrogens is 396 g/mol. The lowest BCUT2D eigenvalue weighted by atomic mass is 9.98. The number of hydrogen-bond donors (Lipinski definition) is 1. The van der Waals surface area contributed by atoms with Crippen molar-refractivity contribution in [2.75, 3.05) is 13.2 Å². The van der Waals surface area contributed by atoms with Crippen molar-refractivity contribution < 1.29 is 9.53 Å². The SMILES string of the molecule is Cc1cc(C#N)cc(C)c1C#CCCNC(=O)OCC1c2ccccc2-c2ccccc21. The van der Waals surface area contributed by atoms with Gasteiger partial charge in [0.15, 0.2) is 0 Å². The van der Waals surface area contributed by atoms with Crippen molar-refractivity contribution in [1.82, 2.24) is 5.32 Å². The predicted octanol–water partition coefficient (Wildman–Crippen LogP) is 5.46. The number of carbonyl (C=O) groups excluding carboxylic acids is 1. The monoisotopic (exact) mass is 420 g/mol. The Morgan fingerprint density at radius 2 is 1.59 bits per heavy atom. The van der Waals surface area contributed by atoms with Gasteiger partial charge in [-0.2, -0.15) is 5.26 Å². The molecule has 1 amide bonds. The summed E-state index contributed by atoms with van der Waals surface area (Å²) in [4.78, 5) is 12.2. The van der Waals surface area contributed by atoms with Crippen LogP contribution in [0.15, 0.2) is 60.7 Å². The minimum atomic E-state index is -0.431. The molecular formula is C28H24N2O2. The van der Waals surface area contributed by atoms with E-state index in [9.17, 15) is 4.79 Å². The number of aryl methyl sites for hydroxylation is 2. The lowest BCUT2D eigenvalue weighted by Gasteiger charge is -2.14. The van der Waals surface area contributed by atoms with Crippen LogP contribution < -0.4 is 5.32 Å². The van der Waals surface area contributed by atoms with E-state index in [2.05, 4.69) is 47.5 Å². The van der Waals surface area contributed by atoms with Crippen LogP contribution in [0.3, 0.4) is 0 Å². The minimum Gasteiger partial charge on any atom is -0.449 e. The zero-order valence-corrected chi connectivity index (χ0v) is 18.2. The number of alkyl carbamates (subject to hydrolysis) is 1. The Bertz CT molecular complexity index is 1210. The second-order valence-corrected chi connectivity index (χ2v) is 7.90. The fourth-order valence-corrected chi connectivity index (χ4v) is 4.25. The summed E-state index contributed by atoms with van der Waals surface area (Å²) in [6, 6.07) is 22.4. The predicted molar refractivity (Wildman–Crippen MR) is 125 cm³/mol. The molecule has 0 saturated heterocycles. The lowest BCUT2D eigenvalue weighted by Crippen LogP contribution is -2.26. The third-order valence-electron chi connectivity index (χ3n) is 5.74. The third kappa shape index (κ3) is 4.36. The number of nitriles is 1. The molecule has 0 spiro atoms. The molecule has 0 saturated carbocycles. The lowest BCUT2D eigenvalue weighted by molar-refractivity contribution is 0.143. The summed E-state index contributed by atoms with van der Waals surface area (Å²) in [6.07, 6.45) is 0.0858. The Morgan fingerprint density at radius 1 is 1.00 bits per heavy atom. The van der Waals surface area contributed by atoms with E-state index < -0.39 is 6.09 Å². The molecule has 0 unspecified atom stereocenters. The van der Waals surface area contributed by atoms with Gasteiger partial charge in [0.2, 0.25) is 0 Å². The van der Waals surface area contributed by atoms with Crippen LogP contribution in [0, 0.1) is 37.0 Å². The van der Waals surface area contributed by atoms with Gasteiger partial charge in [-0.25, -0.2) is 4.79 Å². The van der Waals surface area contributed by atoms with Gasteiger partial charge in [-0.15, -0.1) is 0 Å². The first-order chi connectivity index (χ1) is 15.6. The number of nitrogens with one attached hydrogen (secondary N) is 1. The zero-order valence-electron chi connectivity index (χ0n) is 18.2. The first-order valence-corrected chi connectivity index (χ1v) is 10.7. The Labute approximate surface area is 188 Å². The highest BCUT2D eigenvalue weighted by Gasteiger charge is 2.28. The van der Waals surface area contributed by atoms with Crippen LogP contribution in [0.2, 0.25) is 0 Å².